The van der Waals surface area contributed by atoms with E-state index in [0.717, 1.165) is 116 Å². The highest BCUT2D eigenvalue weighted by atomic mass is 15.2. The second kappa shape index (κ2) is 29.1. The molecule has 7 heterocycles. The van der Waals surface area contributed by atoms with E-state index < -0.39 is 0 Å². The number of fused-ring (bicyclic) bond motifs is 12. The summed E-state index contributed by atoms with van der Waals surface area (Å²) in [4.78, 5) is 45.4. The predicted molar refractivity (Wildman–Crippen MR) is 479 cm³/mol. The van der Waals surface area contributed by atoms with Crippen molar-refractivity contribution in [2.24, 2.45) is 0 Å². The lowest BCUT2D eigenvalue weighted by Gasteiger charge is -2.12. The van der Waals surface area contributed by atoms with Crippen molar-refractivity contribution in [3.63, 3.8) is 0 Å². The van der Waals surface area contributed by atoms with Crippen molar-refractivity contribution in [2.45, 2.75) is 0 Å². The highest BCUT2D eigenvalue weighted by Gasteiger charge is 2.25. The zero-order chi connectivity index (χ0) is 78.0. The fourth-order valence-electron chi connectivity index (χ4n) is 16.8. The normalized spacial score (nSPS) is 11.6. The van der Waals surface area contributed by atoms with E-state index in [-0.39, 0.29) is 0 Å². The third-order valence-corrected chi connectivity index (χ3v) is 22.2. The van der Waals surface area contributed by atoms with Gasteiger partial charge in [0.05, 0.1) is 44.1 Å². The van der Waals surface area contributed by atoms with E-state index in [9.17, 15) is 0 Å². The molecule has 13 heteroatoms. The number of rotatable bonds is 13. The fraction of sp³-hybridized carbons (Fsp3) is 0. The SMILES string of the molecule is c1ccc(-c2nc(-c3ccccc3)nc(-c3ccc(-n4c5ccccc5c5c(-c6ccc7c8ccccc8n(-c8ccccc8)c7c6)cccc54)cc3)n2)cc1.c1ccc(-c2nc(-c3ccccc3)nc(-n3c4ccccc4c4ccc(-c5ccc6c7ccccc7n(-c7nc(-c8ccccc8)nc(-c8ccccc8)n7)c6c5)cc43)n2)cc1. The first-order valence-corrected chi connectivity index (χ1v) is 39.4. The molecule has 0 aliphatic heterocycles. The molecule has 0 fully saturated rings. The van der Waals surface area contributed by atoms with Crippen LogP contribution in [0.2, 0.25) is 0 Å². The molecule has 552 valence electrons. The molecule has 0 radical (unpaired) electrons. The van der Waals surface area contributed by atoms with Crippen LogP contribution in [-0.2, 0) is 0 Å². The van der Waals surface area contributed by atoms with Crippen LogP contribution in [0.4, 0.5) is 0 Å². The first-order chi connectivity index (χ1) is 58.5. The van der Waals surface area contributed by atoms with Gasteiger partial charge in [0.2, 0.25) is 11.9 Å². The van der Waals surface area contributed by atoms with Crippen LogP contribution < -0.4 is 0 Å². The lowest BCUT2D eigenvalue weighted by molar-refractivity contribution is 0.952. The molecular weight excluding hydrogens is 1440 g/mol. The maximum atomic E-state index is 5.16. The Morgan fingerprint density at radius 3 is 0.771 bits per heavy atom. The minimum absolute atomic E-state index is 0.551. The summed E-state index contributed by atoms with van der Waals surface area (Å²) in [6.07, 6.45) is 0. The molecule has 0 atom stereocenters. The molecule has 23 aromatic rings. The van der Waals surface area contributed by atoms with Gasteiger partial charge in [-0.2, -0.15) is 19.9 Å². The molecule has 0 saturated carbocycles. The van der Waals surface area contributed by atoms with Gasteiger partial charge in [0.1, 0.15) is 0 Å². The summed E-state index contributed by atoms with van der Waals surface area (Å²) in [5.41, 5.74) is 21.9. The van der Waals surface area contributed by atoms with Gasteiger partial charge in [-0.1, -0.05) is 322 Å². The molecule has 0 saturated heterocycles. The van der Waals surface area contributed by atoms with Crippen molar-refractivity contribution in [1.29, 1.82) is 0 Å². The molecular formula is C105H67N13. The molecule has 0 amide bonds. The summed E-state index contributed by atoms with van der Waals surface area (Å²) in [5, 5.41) is 9.38. The van der Waals surface area contributed by atoms with Gasteiger partial charge in [-0.25, -0.2) is 24.9 Å². The Labute approximate surface area is 677 Å². The van der Waals surface area contributed by atoms with Gasteiger partial charge >= 0.3 is 0 Å². The maximum absolute atomic E-state index is 5.16. The Morgan fingerprint density at radius 2 is 0.390 bits per heavy atom. The molecule has 23 rings (SSSR count). The molecule has 0 bridgehead atoms. The maximum Gasteiger partial charge on any atom is 0.238 e. The topological polar surface area (TPSA) is 136 Å². The van der Waals surface area contributed by atoms with Crippen LogP contribution in [-0.4, -0.2) is 63.1 Å². The summed E-state index contributed by atoms with van der Waals surface area (Å²) in [6.45, 7) is 0. The zero-order valence-electron chi connectivity index (χ0n) is 63.5. The summed E-state index contributed by atoms with van der Waals surface area (Å²) in [6, 6.07) is 141. The Hall–Kier alpha value is -16.3. The second-order valence-electron chi connectivity index (χ2n) is 29.3. The standard InChI is InChI=1S/C54H34N8.C51H33N5/c1-5-17-35(18-6-1)49-55-50(36-19-7-2-8-20-36)58-53(57-49)61-45-27-15-13-25-41(45)43-31-29-39(33-47(43)61)40-30-32-44-42-26-14-16-28-46(42)62(48(44)34-40)54-59-51(37-21-9-3-10-22-37)56-52(60-54)38-23-11-4-12-24-38;1-4-15-34(16-5-1)49-52-50(35-17-6-2-7-18-35)54-51(53-49)36-27-30-39(31-28-36)55-45-25-13-11-22-43(45)48-40(23-14-26-46(48)55)37-29-32-42-41-21-10-12-24-44(41)56(47(42)33-37)38-19-8-3-9-20-38/h1-34H;1-33H. The number of benzene rings is 16. The minimum Gasteiger partial charge on any atom is -0.309 e. The number of aromatic nitrogens is 13. The van der Waals surface area contributed by atoms with Crippen molar-refractivity contribution in [3.05, 3.63) is 406 Å². The van der Waals surface area contributed by atoms with Crippen LogP contribution in [0.5, 0.6) is 0 Å². The van der Waals surface area contributed by atoms with Gasteiger partial charge in [0.15, 0.2) is 40.8 Å². The number of nitrogens with zero attached hydrogens (tertiary/aromatic N) is 13. The summed E-state index contributed by atoms with van der Waals surface area (Å²) < 4.78 is 9.10. The number of hydrogen-bond acceptors (Lipinski definition) is 9. The average Bonchev–Trinajstić information content (AvgIpc) is 1.57. The van der Waals surface area contributed by atoms with Crippen LogP contribution in [0.15, 0.2) is 406 Å². The van der Waals surface area contributed by atoms with Crippen molar-refractivity contribution in [1.82, 2.24) is 63.1 Å². The van der Waals surface area contributed by atoms with E-state index in [1.54, 1.807) is 0 Å². The Kier molecular flexibility index (Phi) is 16.9. The van der Waals surface area contributed by atoms with Crippen molar-refractivity contribution in [3.8, 4) is 125 Å². The van der Waals surface area contributed by atoms with Crippen molar-refractivity contribution < 1.29 is 0 Å². The highest BCUT2D eigenvalue weighted by Crippen LogP contribution is 2.44. The van der Waals surface area contributed by atoms with Gasteiger partial charge in [-0.3, -0.25) is 9.13 Å². The monoisotopic (exact) mass is 1510 g/mol. The first-order valence-electron chi connectivity index (χ1n) is 39.4. The van der Waals surface area contributed by atoms with Crippen LogP contribution in [0.1, 0.15) is 0 Å². The largest absolute Gasteiger partial charge is 0.309 e. The lowest BCUT2D eigenvalue weighted by atomic mass is 9.98. The average molecular weight is 1510 g/mol. The molecule has 7 aromatic heterocycles. The Morgan fingerprint density at radius 1 is 0.144 bits per heavy atom. The van der Waals surface area contributed by atoms with Gasteiger partial charge in [0.25, 0.3) is 0 Å². The van der Waals surface area contributed by atoms with Gasteiger partial charge in [-0.15, -0.1) is 0 Å². The molecule has 118 heavy (non-hydrogen) atoms. The van der Waals surface area contributed by atoms with Crippen molar-refractivity contribution in [2.75, 3.05) is 0 Å². The van der Waals surface area contributed by atoms with E-state index in [1.807, 2.05) is 182 Å². The number of hydrogen-bond donors (Lipinski definition) is 0. The van der Waals surface area contributed by atoms with Crippen LogP contribution in [0.3, 0.4) is 0 Å². The Balaban J connectivity index is 0.000000143. The van der Waals surface area contributed by atoms with Crippen LogP contribution >= 0.6 is 0 Å². The third kappa shape index (κ3) is 12.2. The van der Waals surface area contributed by atoms with E-state index in [0.29, 0.717) is 52.7 Å². The predicted octanol–water partition coefficient (Wildman–Crippen LogP) is 25.3. The molecule has 0 spiro atoms. The smallest absolute Gasteiger partial charge is 0.238 e. The Bertz CT molecular complexity index is 7350. The summed E-state index contributed by atoms with van der Waals surface area (Å²) in [7, 11) is 0. The minimum atomic E-state index is 0.551. The first kappa shape index (κ1) is 68.5. The van der Waals surface area contributed by atoms with Gasteiger partial charge in [-0.05, 0) is 107 Å². The van der Waals surface area contributed by atoms with Gasteiger partial charge in [0, 0.05) is 93.4 Å². The van der Waals surface area contributed by atoms with E-state index in [1.165, 1.54) is 43.7 Å². The van der Waals surface area contributed by atoms with Crippen LogP contribution in [0, 0.1) is 0 Å². The number of para-hydroxylation sites is 5. The summed E-state index contributed by atoms with van der Waals surface area (Å²) >= 11 is 0. The quantitative estimate of drug-likeness (QED) is 0.111. The molecule has 0 N–H and O–H groups in total. The van der Waals surface area contributed by atoms with Gasteiger partial charge < -0.3 is 9.13 Å². The second-order valence-corrected chi connectivity index (χ2v) is 29.3. The lowest BCUT2D eigenvalue weighted by Crippen LogP contribution is -2.06. The van der Waals surface area contributed by atoms with Crippen molar-refractivity contribution >= 4 is 87.2 Å². The van der Waals surface area contributed by atoms with E-state index in [4.69, 9.17) is 44.9 Å². The highest BCUT2D eigenvalue weighted by molar-refractivity contribution is 6.18. The fourth-order valence-corrected chi connectivity index (χ4v) is 16.8. The molecule has 0 aliphatic rings. The van der Waals surface area contributed by atoms with Crippen LogP contribution in [0.25, 0.3) is 212 Å². The zero-order valence-corrected chi connectivity index (χ0v) is 63.5. The molecule has 0 unspecified atom stereocenters. The molecule has 16 aromatic carbocycles. The molecule has 0 aliphatic carbocycles. The molecule has 13 nitrogen and oxygen atoms in total. The summed E-state index contributed by atoms with van der Waals surface area (Å²) in [5.74, 6) is 5.48. The van der Waals surface area contributed by atoms with E-state index in [2.05, 4.69) is 243 Å². The third-order valence-electron chi connectivity index (χ3n) is 22.2. The van der Waals surface area contributed by atoms with E-state index >= 15 is 0 Å².